The first-order valence-corrected chi connectivity index (χ1v) is 19.1. The highest BCUT2D eigenvalue weighted by Crippen LogP contribution is 2.54. The summed E-state index contributed by atoms with van der Waals surface area (Å²) in [7, 11) is 1.43. The molecular weight excluding hydrogens is 654 g/mol. The lowest BCUT2D eigenvalue weighted by atomic mass is 9.62. The zero-order chi connectivity index (χ0) is 35.2. The number of nitrogens with zero attached hydrogens (tertiary/aromatic N) is 4. The minimum absolute atomic E-state index is 0.000382. The second kappa shape index (κ2) is 14.2. The van der Waals surface area contributed by atoms with Crippen molar-refractivity contribution in [3.05, 3.63) is 58.9 Å². The molecule has 2 unspecified atom stereocenters. The van der Waals surface area contributed by atoms with Gasteiger partial charge in [-0.3, -0.25) is 9.80 Å². The zero-order valence-corrected chi connectivity index (χ0v) is 31.0. The van der Waals surface area contributed by atoms with Crippen molar-refractivity contribution in [3.8, 4) is 0 Å². The molecule has 7 rings (SSSR count). The van der Waals surface area contributed by atoms with Crippen LogP contribution < -0.4 is 10.2 Å². The van der Waals surface area contributed by atoms with Gasteiger partial charge in [-0.2, -0.15) is 0 Å². The Morgan fingerprint density at radius 3 is 2.36 bits per heavy atom. The van der Waals surface area contributed by atoms with E-state index in [9.17, 15) is 14.0 Å². The lowest BCUT2D eigenvalue weighted by Crippen LogP contribution is -2.65. The molecule has 3 saturated heterocycles. The number of halogens is 1. The second-order valence-corrected chi connectivity index (χ2v) is 16.7. The number of ether oxygens (including phenoxy) is 2. The van der Waals surface area contributed by atoms with Crippen molar-refractivity contribution in [1.29, 1.82) is 0 Å². The molecule has 2 amide bonds. The molecule has 2 aromatic rings. The number of alkyl carbamates (subject to hydrolysis) is 1. The average molecular weight is 708 g/mol. The van der Waals surface area contributed by atoms with Gasteiger partial charge in [-0.15, -0.1) is 12.6 Å². The third-order valence-electron chi connectivity index (χ3n) is 12.0. The highest BCUT2D eigenvalue weighted by Gasteiger charge is 2.56. The SMILES string of the molecule is COC(=O)NC1CCCC1[C@](c1cccc(F)c1)(C1CCN(CC2CN(c3ccc(S)c4c3CN(C(=O)OC(C)(C)C)C4)C2)CC1)N1CCC1. The summed E-state index contributed by atoms with van der Waals surface area (Å²) in [6.45, 7) is 13.9. The van der Waals surface area contributed by atoms with Crippen molar-refractivity contribution >= 4 is 30.5 Å². The molecule has 4 heterocycles. The van der Waals surface area contributed by atoms with E-state index in [-0.39, 0.29) is 35.5 Å². The molecule has 50 heavy (non-hydrogen) atoms. The number of fused-ring (bicyclic) bond motifs is 1. The quantitative estimate of drug-likeness (QED) is 0.298. The van der Waals surface area contributed by atoms with Crippen LogP contribution in [-0.2, 0) is 28.1 Å². The molecule has 4 aliphatic heterocycles. The zero-order valence-electron chi connectivity index (χ0n) is 30.1. The predicted octanol–water partition coefficient (Wildman–Crippen LogP) is 6.64. The van der Waals surface area contributed by atoms with E-state index in [1.807, 2.05) is 26.8 Å². The molecular formula is C39H54FN5O4S. The number of rotatable bonds is 8. The summed E-state index contributed by atoms with van der Waals surface area (Å²) in [5.41, 5.74) is 3.73. The van der Waals surface area contributed by atoms with Crippen molar-refractivity contribution in [2.45, 2.75) is 94.5 Å². The Morgan fingerprint density at radius 1 is 0.960 bits per heavy atom. The molecule has 0 bridgehead atoms. The van der Waals surface area contributed by atoms with Crippen LogP contribution in [0.1, 0.15) is 76.0 Å². The number of anilines is 1. The standard InChI is InChI=1S/C39H54FN5O4S/c1-38(2,3)49-37(47)44-24-30-31(25-44)35(50)13-12-34(30)43-22-26(23-43)21-42-18-14-27(15-19-42)39(45-16-7-17-45,28-8-5-9-29(40)20-28)32-10-6-11-33(32)41-36(46)48-4/h5,8-9,12-13,20,26-27,32-33,50H,6-7,10-11,14-19,21-25H2,1-4H3,(H,41,46)/t32?,33?,39-/m1/s1. The van der Waals surface area contributed by atoms with Crippen molar-refractivity contribution in [1.82, 2.24) is 20.0 Å². The van der Waals surface area contributed by atoms with Gasteiger partial charge in [0, 0.05) is 66.7 Å². The number of carbonyl (C=O) groups is 2. The first kappa shape index (κ1) is 35.4. The number of amides is 2. The molecule has 9 nitrogen and oxygen atoms in total. The van der Waals surface area contributed by atoms with E-state index in [1.165, 1.54) is 18.4 Å². The van der Waals surface area contributed by atoms with Gasteiger partial charge in [0.15, 0.2) is 0 Å². The number of hydrogen-bond acceptors (Lipinski definition) is 8. The molecule has 5 aliphatic rings. The van der Waals surface area contributed by atoms with Gasteiger partial charge in [0.1, 0.15) is 11.4 Å². The molecule has 1 aliphatic carbocycles. The van der Waals surface area contributed by atoms with Crippen molar-refractivity contribution in [2.24, 2.45) is 17.8 Å². The molecule has 3 atom stereocenters. The molecule has 272 valence electrons. The lowest BCUT2D eigenvalue weighted by Gasteiger charge is -2.59. The molecule has 0 aromatic heterocycles. The van der Waals surface area contributed by atoms with Gasteiger partial charge in [0.05, 0.1) is 25.7 Å². The van der Waals surface area contributed by atoms with E-state index in [0.717, 1.165) is 100 Å². The Kier molecular flexibility index (Phi) is 10.0. The molecule has 0 spiro atoms. The van der Waals surface area contributed by atoms with Gasteiger partial charge in [-0.25, -0.2) is 14.0 Å². The molecule has 4 fully saturated rings. The highest BCUT2D eigenvalue weighted by atomic mass is 32.1. The summed E-state index contributed by atoms with van der Waals surface area (Å²) < 4.78 is 25.7. The van der Waals surface area contributed by atoms with E-state index in [1.54, 1.807) is 17.0 Å². The monoisotopic (exact) mass is 707 g/mol. The Morgan fingerprint density at radius 2 is 1.70 bits per heavy atom. The topological polar surface area (TPSA) is 77.6 Å². The first-order valence-electron chi connectivity index (χ1n) is 18.6. The summed E-state index contributed by atoms with van der Waals surface area (Å²) in [6.07, 6.45) is 5.54. The largest absolute Gasteiger partial charge is 0.453 e. The third kappa shape index (κ3) is 6.82. The summed E-state index contributed by atoms with van der Waals surface area (Å²) >= 11 is 4.73. The molecule has 1 saturated carbocycles. The number of nitrogens with one attached hydrogen (secondary N) is 1. The number of hydrogen-bond donors (Lipinski definition) is 2. The van der Waals surface area contributed by atoms with Gasteiger partial charge in [0.2, 0.25) is 0 Å². The Labute approximate surface area is 302 Å². The highest BCUT2D eigenvalue weighted by molar-refractivity contribution is 7.80. The van der Waals surface area contributed by atoms with Crippen molar-refractivity contribution in [3.63, 3.8) is 0 Å². The normalized spacial score (nSPS) is 24.7. The van der Waals surface area contributed by atoms with Gasteiger partial charge in [-0.05, 0) is 107 Å². The van der Waals surface area contributed by atoms with Crippen LogP contribution in [0.25, 0.3) is 0 Å². The Balaban J connectivity index is 1.02. The molecule has 2 aromatic carbocycles. The number of methoxy groups -OCH3 is 1. The molecule has 11 heteroatoms. The molecule has 0 radical (unpaired) electrons. The number of likely N-dealkylation sites (tertiary alicyclic amines) is 2. The number of benzene rings is 2. The van der Waals surface area contributed by atoms with Crippen LogP contribution in [0.15, 0.2) is 41.3 Å². The third-order valence-corrected chi connectivity index (χ3v) is 12.4. The first-order chi connectivity index (χ1) is 24.0. The maximum absolute atomic E-state index is 15.0. The lowest BCUT2D eigenvalue weighted by molar-refractivity contribution is -0.0858. The van der Waals surface area contributed by atoms with Crippen LogP contribution in [-0.4, -0.2) is 91.5 Å². The van der Waals surface area contributed by atoms with E-state index < -0.39 is 5.60 Å². The van der Waals surface area contributed by atoms with E-state index >= 15 is 0 Å². The summed E-state index contributed by atoms with van der Waals surface area (Å²) in [5.74, 6) is 0.936. The predicted molar refractivity (Wildman–Crippen MR) is 195 cm³/mol. The summed E-state index contributed by atoms with van der Waals surface area (Å²) in [6, 6.07) is 11.5. The summed E-state index contributed by atoms with van der Waals surface area (Å²) in [5, 5.41) is 3.19. The smallest absolute Gasteiger partial charge is 0.410 e. The van der Waals surface area contributed by atoms with Crippen LogP contribution in [0.5, 0.6) is 0 Å². The van der Waals surface area contributed by atoms with Crippen LogP contribution >= 0.6 is 12.6 Å². The second-order valence-electron chi connectivity index (χ2n) is 16.2. The average Bonchev–Trinajstić information content (AvgIpc) is 3.69. The van der Waals surface area contributed by atoms with Crippen molar-refractivity contribution in [2.75, 3.05) is 57.8 Å². The number of piperidine rings is 1. The fourth-order valence-electron chi connectivity index (χ4n) is 9.73. The van der Waals surface area contributed by atoms with E-state index in [0.29, 0.717) is 24.9 Å². The maximum Gasteiger partial charge on any atom is 0.410 e. The maximum atomic E-state index is 15.0. The van der Waals surface area contributed by atoms with Gasteiger partial charge >= 0.3 is 12.2 Å². The Bertz CT molecular complexity index is 1570. The van der Waals surface area contributed by atoms with Crippen molar-refractivity contribution < 1.29 is 23.5 Å². The van der Waals surface area contributed by atoms with Crippen LogP contribution in [0, 0.1) is 23.6 Å². The fraction of sp³-hybridized carbons (Fsp3) is 0.641. The number of thiol groups is 1. The number of carbonyl (C=O) groups excluding carboxylic acids is 2. The van der Waals surface area contributed by atoms with Gasteiger partial charge in [-0.1, -0.05) is 18.6 Å². The fourth-order valence-corrected chi connectivity index (χ4v) is 10.0. The van der Waals surface area contributed by atoms with E-state index in [2.05, 4.69) is 38.2 Å². The minimum Gasteiger partial charge on any atom is -0.453 e. The Hall–Kier alpha value is -3.02. The molecule has 1 N–H and O–H groups in total. The summed E-state index contributed by atoms with van der Waals surface area (Å²) in [4.78, 5) is 35.8. The van der Waals surface area contributed by atoms with Gasteiger partial charge in [0.25, 0.3) is 0 Å². The van der Waals surface area contributed by atoms with E-state index in [4.69, 9.17) is 22.1 Å². The van der Waals surface area contributed by atoms with Gasteiger partial charge < -0.3 is 24.6 Å². The minimum atomic E-state index is -0.534. The van der Waals surface area contributed by atoms with Crippen LogP contribution in [0.3, 0.4) is 0 Å². The van der Waals surface area contributed by atoms with Crippen LogP contribution in [0.2, 0.25) is 0 Å². The van der Waals surface area contributed by atoms with Crippen LogP contribution in [0.4, 0.5) is 19.7 Å².